The lowest BCUT2D eigenvalue weighted by atomic mass is 10.3. The smallest absolute Gasteiger partial charge is 0.212 e. The van der Waals surface area contributed by atoms with E-state index < -0.39 is 0 Å². The SMILES string of the molecule is Fc1cc(Br)ccc1Nc1nccn1-c1ccccc1. The average Bonchev–Trinajstić information content (AvgIpc) is 2.91. The van der Waals surface area contributed by atoms with Gasteiger partial charge in [0.15, 0.2) is 0 Å². The molecule has 100 valence electrons. The summed E-state index contributed by atoms with van der Waals surface area (Å²) < 4.78 is 16.4. The normalized spacial score (nSPS) is 10.5. The first-order valence-electron chi connectivity index (χ1n) is 6.05. The molecule has 3 aromatic rings. The molecule has 1 aromatic heterocycles. The van der Waals surface area contributed by atoms with Gasteiger partial charge in [0.1, 0.15) is 5.82 Å². The van der Waals surface area contributed by atoms with Crippen molar-refractivity contribution < 1.29 is 4.39 Å². The van der Waals surface area contributed by atoms with Gasteiger partial charge in [0.05, 0.1) is 5.69 Å². The third-order valence-corrected chi connectivity index (χ3v) is 3.35. The van der Waals surface area contributed by atoms with Crippen LogP contribution in [0.15, 0.2) is 65.4 Å². The molecule has 0 unspecified atom stereocenters. The van der Waals surface area contributed by atoms with Crippen molar-refractivity contribution in [2.45, 2.75) is 0 Å². The number of imidazole rings is 1. The molecule has 0 amide bonds. The quantitative estimate of drug-likeness (QED) is 0.764. The van der Waals surface area contributed by atoms with Gasteiger partial charge in [-0.05, 0) is 30.3 Å². The summed E-state index contributed by atoms with van der Waals surface area (Å²) in [6.45, 7) is 0. The van der Waals surface area contributed by atoms with Gasteiger partial charge in [-0.25, -0.2) is 9.37 Å². The van der Waals surface area contributed by atoms with Crippen LogP contribution in [0.4, 0.5) is 16.0 Å². The van der Waals surface area contributed by atoms with Gasteiger partial charge in [0.25, 0.3) is 0 Å². The highest BCUT2D eigenvalue weighted by molar-refractivity contribution is 9.10. The molecular weight excluding hydrogens is 321 g/mol. The fourth-order valence-corrected chi connectivity index (χ4v) is 2.24. The van der Waals surface area contributed by atoms with Crippen molar-refractivity contribution in [3.05, 3.63) is 71.2 Å². The number of anilines is 2. The number of hydrogen-bond donors (Lipinski definition) is 1. The van der Waals surface area contributed by atoms with E-state index in [2.05, 4.69) is 26.2 Å². The van der Waals surface area contributed by atoms with E-state index in [0.717, 1.165) is 5.69 Å². The Bertz CT molecular complexity index is 725. The van der Waals surface area contributed by atoms with Gasteiger partial charge >= 0.3 is 0 Å². The predicted octanol–water partition coefficient (Wildman–Crippen LogP) is 4.52. The minimum absolute atomic E-state index is 0.331. The molecule has 3 rings (SSSR count). The Morgan fingerprint density at radius 1 is 1.10 bits per heavy atom. The summed E-state index contributed by atoms with van der Waals surface area (Å²) in [4.78, 5) is 4.22. The van der Waals surface area contributed by atoms with Gasteiger partial charge in [0, 0.05) is 22.6 Å². The van der Waals surface area contributed by atoms with Crippen molar-refractivity contribution in [2.24, 2.45) is 0 Å². The molecule has 0 fully saturated rings. The van der Waals surface area contributed by atoms with Crippen LogP contribution in [-0.4, -0.2) is 9.55 Å². The first-order chi connectivity index (χ1) is 9.74. The monoisotopic (exact) mass is 331 g/mol. The van der Waals surface area contributed by atoms with Crippen molar-refractivity contribution >= 4 is 27.6 Å². The van der Waals surface area contributed by atoms with E-state index in [9.17, 15) is 4.39 Å². The molecule has 3 nitrogen and oxygen atoms in total. The van der Waals surface area contributed by atoms with Crippen LogP contribution in [0.3, 0.4) is 0 Å². The number of rotatable bonds is 3. The number of halogens is 2. The Balaban J connectivity index is 1.95. The van der Waals surface area contributed by atoms with Crippen LogP contribution in [-0.2, 0) is 0 Å². The largest absolute Gasteiger partial charge is 0.323 e. The van der Waals surface area contributed by atoms with Crippen molar-refractivity contribution in [1.82, 2.24) is 9.55 Å². The van der Waals surface area contributed by atoms with Crippen LogP contribution in [0.25, 0.3) is 5.69 Å². The van der Waals surface area contributed by atoms with Gasteiger partial charge in [-0.15, -0.1) is 0 Å². The summed E-state index contributed by atoms with van der Waals surface area (Å²) in [5.74, 6) is 0.236. The molecule has 0 aliphatic heterocycles. The van der Waals surface area contributed by atoms with E-state index in [1.54, 1.807) is 18.3 Å². The topological polar surface area (TPSA) is 29.9 Å². The Morgan fingerprint density at radius 3 is 2.65 bits per heavy atom. The fourth-order valence-electron chi connectivity index (χ4n) is 1.90. The van der Waals surface area contributed by atoms with Crippen LogP contribution in [0, 0.1) is 5.82 Å². The Kier molecular flexibility index (Phi) is 3.52. The first kappa shape index (κ1) is 12.9. The maximum absolute atomic E-state index is 13.8. The van der Waals surface area contributed by atoms with Crippen molar-refractivity contribution in [3.8, 4) is 5.69 Å². The second-order valence-corrected chi connectivity index (χ2v) is 5.12. The molecule has 0 radical (unpaired) electrons. The molecular formula is C15H11BrFN3. The second-order valence-electron chi connectivity index (χ2n) is 4.21. The molecule has 5 heteroatoms. The first-order valence-corrected chi connectivity index (χ1v) is 6.84. The summed E-state index contributed by atoms with van der Waals surface area (Å²) in [5.41, 5.74) is 1.35. The van der Waals surface area contributed by atoms with Gasteiger partial charge in [-0.1, -0.05) is 34.1 Å². The summed E-state index contributed by atoms with van der Waals surface area (Å²) >= 11 is 3.24. The lowest BCUT2D eigenvalue weighted by Gasteiger charge is -2.10. The van der Waals surface area contributed by atoms with E-state index >= 15 is 0 Å². The van der Waals surface area contributed by atoms with Crippen LogP contribution >= 0.6 is 15.9 Å². The van der Waals surface area contributed by atoms with Crippen LogP contribution in [0.1, 0.15) is 0 Å². The minimum atomic E-state index is -0.331. The molecule has 1 N–H and O–H groups in total. The van der Waals surface area contributed by atoms with Crippen molar-refractivity contribution in [2.75, 3.05) is 5.32 Å². The number of nitrogens with one attached hydrogen (secondary N) is 1. The third kappa shape index (κ3) is 2.58. The van der Waals surface area contributed by atoms with Crippen molar-refractivity contribution in [3.63, 3.8) is 0 Å². The molecule has 2 aromatic carbocycles. The minimum Gasteiger partial charge on any atom is -0.323 e. The van der Waals surface area contributed by atoms with E-state index in [1.165, 1.54) is 6.07 Å². The standard InChI is InChI=1S/C15H11BrFN3/c16-11-6-7-14(13(17)10-11)19-15-18-8-9-20(15)12-4-2-1-3-5-12/h1-10H,(H,18,19). The van der Waals surface area contributed by atoms with Crippen LogP contribution < -0.4 is 5.32 Å². The highest BCUT2D eigenvalue weighted by Gasteiger charge is 2.08. The number of nitrogens with zero attached hydrogens (tertiary/aromatic N) is 2. The van der Waals surface area contributed by atoms with Gasteiger partial charge in [0.2, 0.25) is 5.95 Å². The molecule has 0 spiro atoms. The van der Waals surface area contributed by atoms with Crippen molar-refractivity contribution in [1.29, 1.82) is 0 Å². The number of hydrogen-bond acceptors (Lipinski definition) is 2. The fraction of sp³-hybridized carbons (Fsp3) is 0. The third-order valence-electron chi connectivity index (χ3n) is 2.85. The van der Waals surface area contributed by atoms with E-state index in [4.69, 9.17) is 0 Å². The molecule has 0 saturated heterocycles. The van der Waals surface area contributed by atoms with E-state index in [-0.39, 0.29) is 5.82 Å². The molecule has 20 heavy (non-hydrogen) atoms. The van der Waals surface area contributed by atoms with E-state index in [0.29, 0.717) is 16.1 Å². The summed E-state index contributed by atoms with van der Waals surface area (Å²) in [6, 6.07) is 14.6. The average molecular weight is 332 g/mol. The Labute approximate surface area is 124 Å². The predicted molar refractivity (Wildman–Crippen MR) is 80.9 cm³/mol. The molecule has 0 saturated carbocycles. The molecule has 0 bridgehead atoms. The summed E-state index contributed by atoms with van der Waals surface area (Å²) in [5, 5.41) is 3.00. The maximum Gasteiger partial charge on any atom is 0.212 e. The van der Waals surface area contributed by atoms with Crippen LogP contribution in [0.5, 0.6) is 0 Å². The van der Waals surface area contributed by atoms with Gasteiger partial charge in [-0.2, -0.15) is 0 Å². The number of aromatic nitrogens is 2. The molecule has 1 heterocycles. The van der Waals surface area contributed by atoms with Crippen LogP contribution in [0.2, 0.25) is 0 Å². The van der Waals surface area contributed by atoms with Gasteiger partial charge < -0.3 is 5.32 Å². The molecule has 0 aliphatic carbocycles. The zero-order valence-corrected chi connectivity index (χ0v) is 12.0. The number of benzene rings is 2. The lowest BCUT2D eigenvalue weighted by Crippen LogP contribution is -2.02. The Hall–Kier alpha value is -2.14. The maximum atomic E-state index is 13.8. The lowest BCUT2D eigenvalue weighted by molar-refractivity contribution is 0.630. The Morgan fingerprint density at radius 2 is 1.90 bits per heavy atom. The second kappa shape index (κ2) is 5.46. The zero-order chi connectivity index (χ0) is 13.9. The molecule has 0 aliphatic rings. The highest BCUT2D eigenvalue weighted by atomic mass is 79.9. The zero-order valence-electron chi connectivity index (χ0n) is 10.4. The van der Waals surface area contributed by atoms with E-state index in [1.807, 2.05) is 41.1 Å². The molecule has 0 atom stereocenters. The van der Waals surface area contributed by atoms with Gasteiger partial charge in [-0.3, -0.25) is 4.57 Å². The summed E-state index contributed by atoms with van der Waals surface area (Å²) in [6.07, 6.45) is 3.50. The summed E-state index contributed by atoms with van der Waals surface area (Å²) in [7, 11) is 0. The highest BCUT2D eigenvalue weighted by Crippen LogP contribution is 2.23. The number of para-hydroxylation sites is 1.